The van der Waals surface area contributed by atoms with E-state index in [2.05, 4.69) is 0 Å². The van der Waals surface area contributed by atoms with E-state index in [0.717, 1.165) is 16.8 Å². The van der Waals surface area contributed by atoms with Crippen molar-refractivity contribution in [1.29, 1.82) is 0 Å². The molecule has 0 radical (unpaired) electrons. The standard InChI is InChI=1S/C19H16N2O4/c1-2-25-19(22)18-13-20(12-17(18)14-6-4-3-5-7-14)15-8-10-16(11-9-15)21(23)24/h3-13H,2H2,1H3. The molecule has 0 amide bonds. The summed E-state index contributed by atoms with van der Waals surface area (Å²) in [6, 6.07) is 15.7. The van der Waals surface area contributed by atoms with Gasteiger partial charge in [-0.15, -0.1) is 0 Å². The fourth-order valence-electron chi connectivity index (χ4n) is 2.57. The van der Waals surface area contributed by atoms with Gasteiger partial charge < -0.3 is 9.30 Å². The summed E-state index contributed by atoms with van der Waals surface area (Å²) in [5.74, 6) is -0.401. The van der Waals surface area contributed by atoms with Crippen LogP contribution >= 0.6 is 0 Å². The van der Waals surface area contributed by atoms with Gasteiger partial charge in [-0.25, -0.2) is 4.79 Å². The highest BCUT2D eigenvalue weighted by atomic mass is 16.6. The first kappa shape index (κ1) is 16.4. The Hall–Kier alpha value is -3.41. The molecule has 0 N–H and O–H groups in total. The van der Waals surface area contributed by atoms with Gasteiger partial charge in [-0.05, 0) is 24.6 Å². The number of benzene rings is 2. The van der Waals surface area contributed by atoms with Gasteiger partial charge in [0.1, 0.15) is 0 Å². The number of hydrogen-bond acceptors (Lipinski definition) is 4. The summed E-state index contributed by atoms with van der Waals surface area (Å²) in [6.45, 7) is 2.04. The highest BCUT2D eigenvalue weighted by Gasteiger charge is 2.18. The molecule has 0 spiro atoms. The highest BCUT2D eigenvalue weighted by molar-refractivity contribution is 5.97. The summed E-state index contributed by atoms with van der Waals surface area (Å²) in [5.41, 5.74) is 2.83. The summed E-state index contributed by atoms with van der Waals surface area (Å²) in [4.78, 5) is 22.6. The predicted octanol–water partition coefficient (Wildman–Crippen LogP) is 4.23. The van der Waals surface area contributed by atoms with Crippen molar-refractivity contribution in [3.63, 3.8) is 0 Å². The molecule has 0 aliphatic carbocycles. The van der Waals surface area contributed by atoms with Gasteiger partial charge in [-0.3, -0.25) is 10.1 Å². The van der Waals surface area contributed by atoms with Crippen LogP contribution in [-0.2, 0) is 4.74 Å². The third-order valence-electron chi connectivity index (χ3n) is 3.77. The number of non-ortho nitro benzene ring substituents is 1. The number of hydrogen-bond donors (Lipinski definition) is 0. The summed E-state index contributed by atoms with van der Waals surface area (Å²) >= 11 is 0. The van der Waals surface area contributed by atoms with E-state index in [1.807, 2.05) is 36.5 Å². The fourth-order valence-corrected chi connectivity index (χ4v) is 2.57. The maximum absolute atomic E-state index is 12.3. The van der Waals surface area contributed by atoms with Crippen molar-refractivity contribution < 1.29 is 14.5 Å². The molecule has 0 saturated carbocycles. The number of nitro groups is 1. The monoisotopic (exact) mass is 336 g/mol. The molecule has 1 aromatic heterocycles. The first-order valence-corrected chi connectivity index (χ1v) is 7.79. The smallest absolute Gasteiger partial charge is 0.340 e. The lowest BCUT2D eigenvalue weighted by Crippen LogP contribution is -2.04. The molecule has 6 nitrogen and oxygen atoms in total. The molecule has 0 saturated heterocycles. The number of carbonyl (C=O) groups excluding carboxylic acids is 1. The van der Waals surface area contributed by atoms with Crippen LogP contribution in [0.1, 0.15) is 17.3 Å². The number of esters is 1. The lowest BCUT2D eigenvalue weighted by molar-refractivity contribution is -0.384. The molecule has 0 unspecified atom stereocenters. The first-order chi connectivity index (χ1) is 12.1. The largest absolute Gasteiger partial charge is 0.462 e. The maximum atomic E-state index is 12.3. The minimum absolute atomic E-state index is 0.0183. The Morgan fingerprint density at radius 2 is 1.76 bits per heavy atom. The zero-order valence-corrected chi connectivity index (χ0v) is 13.6. The van der Waals surface area contributed by atoms with E-state index in [-0.39, 0.29) is 12.3 Å². The van der Waals surface area contributed by atoms with Crippen LogP contribution in [0.5, 0.6) is 0 Å². The Morgan fingerprint density at radius 3 is 2.36 bits per heavy atom. The Bertz CT molecular complexity index is 899. The zero-order chi connectivity index (χ0) is 17.8. The van der Waals surface area contributed by atoms with E-state index in [4.69, 9.17) is 4.74 Å². The molecule has 0 atom stereocenters. The molecule has 3 rings (SSSR count). The summed E-state index contributed by atoms with van der Waals surface area (Å²) in [6.07, 6.45) is 3.50. The second kappa shape index (κ2) is 7.00. The number of aromatic nitrogens is 1. The molecular formula is C19H16N2O4. The lowest BCUT2D eigenvalue weighted by Gasteiger charge is -2.03. The van der Waals surface area contributed by atoms with Crippen LogP contribution in [0.3, 0.4) is 0 Å². The molecular weight excluding hydrogens is 320 g/mol. The van der Waals surface area contributed by atoms with Gasteiger partial charge in [0.15, 0.2) is 0 Å². The normalized spacial score (nSPS) is 10.4. The minimum atomic E-state index is -0.446. The van der Waals surface area contributed by atoms with Gasteiger partial charge in [0.05, 0.1) is 17.1 Å². The fraction of sp³-hybridized carbons (Fsp3) is 0.105. The molecule has 0 aliphatic heterocycles. The van der Waals surface area contributed by atoms with Gasteiger partial charge >= 0.3 is 5.97 Å². The number of rotatable bonds is 5. The average Bonchev–Trinajstić information content (AvgIpc) is 3.08. The predicted molar refractivity (Wildman–Crippen MR) is 93.8 cm³/mol. The Morgan fingerprint density at radius 1 is 1.08 bits per heavy atom. The molecule has 126 valence electrons. The van der Waals surface area contributed by atoms with E-state index in [0.29, 0.717) is 5.56 Å². The quantitative estimate of drug-likeness (QED) is 0.397. The van der Waals surface area contributed by atoms with Crippen LogP contribution in [0, 0.1) is 10.1 Å². The maximum Gasteiger partial charge on any atom is 0.340 e. The van der Waals surface area contributed by atoms with E-state index in [1.54, 1.807) is 29.8 Å². The third-order valence-corrected chi connectivity index (χ3v) is 3.77. The second-order valence-electron chi connectivity index (χ2n) is 5.35. The van der Waals surface area contributed by atoms with Crippen LogP contribution < -0.4 is 0 Å². The number of ether oxygens (including phenoxy) is 1. The van der Waals surface area contributed by atoms with Crippen LogP contribution in [0.2, 0.25) is 0 Å². The van der Waals surface area contributed by atoms with Crippen LogP contribution in [0.4, 0.5) is 5.69 Å². The molecule has 0 fully saturated rings. The molecule has 0 bridgehead atoms. The Balaban J connectivity index is 2.06. The summed E-state index contributed by atoms with van der Waals surface area (Å²) in [5, 5.41) is 10.8. The van der Waals surface area contributed by atoms with Crippen molar-refractivity contribution in [3.05, 3.63) is 82.7 Å². The number of carbonyl (C=O) groups is 1. The van der Waals surface area contributed by atoms with Crippen molar-refractivity contribution >= 4 is 11.7 Å². The van der Waals surface area contributed by atoms with Gasteiger partial charge in [0, 0.05) is 35.8 Å². The third kappa shape index (κ3) is 3.42. The second-order valence-corrected chi connectivity index (χ2v) is 5.35. The van der Waals surface area contributed by atoms with Crippen molar-refractivity contribution in [2.24, 2.45) is 0 Å². The summed E-state index contributed by atoms with van der Waals surface area (Å²) < 4.78 is 6.91. The van der Waals surface area contributed by atoms with E-state index in [9.17, 15) is 14.9 Å². The number of nitrogens with zero attached hydrogens (tertiary/aromatic N) is 2. The Labute approximate surface area is 144 Å². The Kier molecular flexibility index (Phi) is 4.61. The van der Waals surface area contributed by atoms with Crippen LogP contribution in [0.25, 0.3) is 16.8 Å². The molecule has 3 aromatic rings. The SMILES string of the molecule is CCOC(=O)c1cn(-c2ccc([N+](=O)[O-])cc2)cc1-c1ccccc1. The highest BCUT2D eigenvalue weighted by Crippen LogP contribution is 2.28. The molecule has 0 aliphatic rings. The average molecular weight is 336 g/mol. The molecule has 2 aromatic carbocycles. The molecule has 1 heterocycles. The van der Waals surface area contributed by atoms with Crippen molar-refractivity contribution in [2.45, 2.75) is 6.92 Å². The van der Waals surface area contributed by atoms with Crippen molar-refractivity contribution in [1.82, 2.24) is 4.57 Å². The number of nitro benzene ring substituents is 1. The summed E-state index contributed by atoms with van der Waals surface area (Å²) in [7, 11) is 0. The van der Waals surface area contributed by atoms with Gasteiger partial charge in [0.25, 0.3) is 5.69 Å². The van der Waals surface area contributed by atoms with E-state index in [1.165, 1.54) is 12.1 Å². The van der Waals surface area contributed by atoms with Crippen LogP contribution in [-0.4, -0.2) is 22.1 Å². The van der Waals surface area contributed by atoms with Gasteiger partial charge in [-0.1, -0.05) is 30.3 Å². The van der Waals surface area contributed by atoms with Crippen molar-refractivity contribution in [3.8, 4) is 16.8 Å². The van der Waals surface area contributed by atoms with Crippen LogP contribution in [0.15, 0.2) is 67.0 Å². The van der Waals surface area contributed by atoms with Gasteiger partial charge in [0.2, 0.25) is 0 Å². The van der Waals surface area contributed by atoms with Gasteiger partial charge in [-0.2, -0.15) is 0 Å². The van der Waals surface area contributed by atoms with Crippen molar-refractivity contribution in [2.75, 3.05) is 6.61 Å². The first-order valence-electron chi connectivity index (χ1n) is 7.79. The minimum Gasteiger partial charge on any atom is -0.462 e. The zero-order valence-electron chi connectivity index (χ0n) is 13.6. The van der Waals surface area contributed by atoms with E-state index < -0.39 is 10.9 Å². The topological polar surface area (TPSA) is 74.4 Å². The molecule has 25 heavy (non-hydrogen) atoms. The van der Waals surface area contributed by atoms with E-state index >= 15 is 0 Å². The lowest BCUT2D eigenvalue weighted by atomic mass is 10.1. The molecule has 6 heteroatoms.